The van der Waals surface area contributed by atoms with Gasteiger partial charge in [0.2, 0.25) is 11.8 Å². The fraction of sp³-hybridized carbons (Fsp3) is 0.364. The lowest BCUT2D eigenvalue weighted by atomic mass is 10.0. The number of thiol groups is 1. The number of nitrogens with two attached hydrogens (primary N) is 3. The van der Waals surface area contributed by atoms with Crippen LogP contribution in [0.2, 0.25) is 0 Å². The van der Waals surface area contributed by atoms with Gasteiger partial charge in [-0.3, -0.25) is 14.6 Å². The van der Waals surface area contributed by atoms with Gasteiger partial charge in [-0.1, -0.05) is 42.5 Å². The lowest BCUT2D eigenvalue weighted by Gasteiger charge is -2.22. The smallest absolute Gasteiger partial charge is 0.327 e. The number of carboxylic acids is 1. The number of carboxylic acid groups (broad SMARTS) is 1. The third-order valence-electron chi connectivity index (χ3n) is 4.99. The van der Waals surface area contributed by atoms with Crippen LogP contribution in [0.15, 0.2) is 47.5 Å². The summed E-state index contributed by atoms with van der Waals surface area (Å²) in [5.41, 5.74) is 17.3. The normalized spacial score (nSPS) is 13.5. The molecule has 3 atom stereocenters. The topological polar surface area (TPSA) is 186 Å². The van der Waals surface area contributed by atoms with E-state index in [0.717, 1.165) is 16.3 Å². The van der Waals surface area contributed by atoms with Gasteiger partial charge in [-0.05, 0) is 29.2 Å². The van der Waals surface area contributed by atoms with Crippen molar-refractivity contribution in [1.82, 2.24) is 10.6 Å². The van der Waals surface area contributed by atoms with Crippen LogP contribution in [0.3, 0.4) is 0 Å². The van der Waals surface area contributed by atoms with Crippen LogP contribution in [0.1, 0.15) is 18.4 Å². The minimum absolute atomic E-state index is 0.0442. The Balaban J connectivity index is 2.14. The number of carbonyl (C=O) groups is 3. The highest BCUT2D eigenvalue weighted by atomic mass is 32.1. The first-order valence-electron chi connectivity index (χ1n) is 10.4. The van der Waals surface area contributed by atoms with Gasteiger partial charge in [0.05, 0.1) is 6.04 Å². The molecule has 0 unspecified atom stereocenters. The van der Waals surface area contributed by atoms with Crippen LogP contribution < -0.4 is 27.8 Å². The number of rotatable bonds is 12. The number of aliphatic carboxylic acids is 1. The molecule has 11 heteroatoms. The second-order valence-electron chi connectivity index (χ2n) is 7.58. The summed E-state index contributed by atoms with van der Waals surface area (Å²) in [5.74, 6) is -2.52. The fourth-order valence-corrected chi connectivity index (χ4v) is 3.45. The number of benzene rings is 2. The third-order valence-corrected chi connectivity index (χ3v) is 5.35. The fourth-order valence-electron chi connectivity index (χ4n) is 3.20. The molecule has 0 aliphatic carbocycles. The Kier molecular flexibility index (Phi) is 9.95. The molecule has 33 heavy (non-hydrogen) atoms. The van der Waals surface area contributed by atoms with Crippen molar-refractivity contribution in [3.05, 3.63) is 48.0 Å². The van der Waals surface area contributed by atoms with E-state index >= 15 is 0 Å². The van der Waals surface area contributed by atoms with Crippen molar-refractivity contribution in [3.63, 3.8) is 0 Å². The molecular formula is C22H30N6O4S. The molecule has 0 aliphatic heterocycles. The van der Waals surface area contributed by atoms with Gasteiger partial charge in [0, 0.05) is 18.7 Å². The molecule has 0 radical (unpaired) electrons. The summed E-state index contributed by atoms with van der Waals surface area (Å²) in [4.78, 5) is 40.7. The predicted octanol–water partition coefficient (Wildman–Crippen LogP) is -0.253. The Bertz CT molecular complexity index is 1010. The van der Waals surface area contributed by atoms with E-state index in [-0.39, 0.29) is 18.1 Å². The number of fused-ring (bicyclic) bond motifs is 1. The lowest BCUT2D eigenvalue weighted by molar-refractivity contribution is -0.141. The summed E-state index contributed by atoms with van der Waals surface area (Å²) in [6.45, 7) is 0.326. The second kappa shape index (κ2) is 12.7. The van der Waals surface area contributed by atoms with Gasteiger partial charge in [-0.25, -0.2) is 4.79 Å². The van der Waals surface area contributed by atoms with Crippen LogP contribution in [0.5, 0.6) is 0 Å². The molecule has 0 aromatic heterocycles. The van der Waals surface area contributed by atoms with Crippen LogP contribution >= 0.6 is 12.6 Å². The minimum Gasteiger partial charge on any atom is -0.480 e. The summed E-state index contributed by atoms with van der Waals surface area (Å²) in [6.07, 6.45) is 0.943. The van der Waals surface area contributed by atoms with E-state index in [1.165, 1.54) is 0 Å². The maximum absolute atomic E-state index is 12.9. The van der Waals surface area contributed by atoms with E-state index in [1.807, 2.05) is 42.5 Å². The van der Waals surface area contributed by atoms with Gasteiger partial charge in [-0.2, -0.15) is 12.6 Å². The molecule has 0 heterocycles. The van der Waals surface area contributed by atoms with Gasteiger partial charge < -0.3 is 32.9 Å². The number of aliphatic imine (C=N–C) groups is 1. The average Bonchev–Trinajstić information content (AvgIpc) is 2.78. The highest BCUT2D eigenvalue weighted by Crippen LogP contribution is 2.17. The maximum Gasteiger partial charge on any atom is 0.327 e. The van der Waals surface area contributed by atoms with Crippen molar-refractivity contribution < 1.29 is 19.5 Å². The summed E-state index contributed by atoms with van der Waals surface area (Å²) in [7, 11) is 0. The number of carbonyl (C=O) groups excluding carboxylic acids is 2. The molecule has 0 saturated heterocycles. The quantitative estimate of drug-likeness (QED) is 0.0956. The van der Waals surface area contributed by atoms with Crippen LogP contribution in [0, 0.1) is 0 Å². The molecule has 0 bridgehead atoms. The SMILES string of the molecule is NC(N)=NCCC[C@H](N)C(=O)N[C@@H](Cc1ccc2ccccc2c1)C(=O)N[C@@H](CS)C(=O)O. The monoisotopic (exact) mass is 474 g/mol. The standard InChI is InChI=1S/C22H30N6O4S/c23-16(6-3-9-26-22(24)25)19(29)27-17(20(30)28-18(12-33)21(31)32)11-13-7-8-14-4-1-2-5-15(14)10-13/h1-2,4-5,7-8,10,16-18,33H,3,6,9,11-12,23H2,(H,27,29)(H,28,30)(H,31,32)(H4,24,25,26)/t16-,17-,18-/m0/s1. The van der Waals surface area contributed by atoms with Crippen LogP contribution in [0.25, 0.3) is 10.8 Å². The van der Waals surface area contributed by atoms with Crippen molar-refractivity contribution in [1.29, 1.82) is 0 Å². The van der Waals surface area contributed by atoms with Gasteiger partial charge in [0.15, 0.2) is 5.96 Å². The molecule has 2 aromatic rings. The Morgan fingerprint density at radius 3 is 2.30 bits per heavy atom. The van der Waals surface area contributed by atoms with Crippen molar-refractivity contribution in [2.75, 3.05) is 12.3 Å². The van der Waals surface area contributed by atoms with Crippen LogP contribution in [0.4, 0.5) is 0 Å². The van der Waals surface area contributed by atoms with E-state index in [0.29, 0.717) is 19.4 Å². The highest BCUT2D eigenvalue weighted by Gasteiger charge is 2.27. The summed E-state index contributed by atoms with van der Waals surface area (Å²) >= 11 is 3.97. The molecular weight excluding hydrogens is 444 g/mol. The number of hydrogen-bond donors (Lipinski definition) is 7. The molecule has 0 saturated carbocycles. The molecule has 178 valence electrons. The molecule has 0 spiro atoms. The van der Waals surface area contributed by atoms with E-state index in [1.54, 1.807) is 0 Å². The van der Waals surface area contributed by atoms with Gasteiger partial charge >= 0.3 is 5.97 Å². The minimum atomic E-state index is -1.22. The van der Waals surface area contributed by atoms with Gasteiger partial charge in [0.25, 0.3) is 0 Å². The number of nitrogens with zero attached hydrogens (tertiary/aromatic N) is 1. The third kappa shape index (κ3) is 8.28. The molecule has 2 aromatic carbocycles. The molecule has 10 nitrogen and oxygen atoms in total. The summed E-state index contributed by atoms with van der Waals surface area (Å²) in [5, 5.41) is 16.3. The highest BCUT2D eigenvalue weighted by molar-refractivity contribution is 7.80. The first-order valence-corrected chi connectivity index (χ1v) is 11.1. The Hall–Kier alpha value is -3.31. The number of hydrogen-bond acceptors (Lipinski definition) is 6. The van der Waals surface area contributed by atoms with Crippen LogP contribution in [-0.2, 0) is 20.8 Å². The Morgan fingerprint density at radius 1 is 1.00 bits per heavy atom. The van der Waals surface area contributed by atoms with E-state index < -0.39 is 35.9 Å². The largest absolute Gasteiger partial charge is 0.480 e. The van der Waals surface area contributed by atoms with E-state index in [9.17, 15) is 19.5 Å². The zero-order valence-electron chi connectivity index (χ0n) is 18.1. The van der Waals surface area contributed by atoms with Gasteiger partial charge in [-0.15, -0.1) is 0 Å². The predicted molar refractivity (Wildman–Crippen MR) is 131 cm³/mol. The Labute approximate surface area is 197 Å². The molecule has 9 N–H and O–H groups in total. The van der Waals surface area contributed by atoms with Crippen molar-refractivity contribution >= 4 is 47.1 Å². The van der Waals surface area contributed by atoms with Gasteiger partial charge in [0.1, 0.15) is 12.1 Å². The average molecular weight is 475 g/mol. The molecule has 0 fully saturated rings. The maximum atomic E-state index is 12.9. The summed E-state index contributed by atoms with van der Waals surface area (Å²) in [6, 6.07) is 10.4. The number of nitrogens with one attached hydrogen (secondary N) is 2. The first-order chi connectivity index (χ1) is 15.7. The zero-order chi connectivity index (χ0) is 24.4. The molecule has 0 aliphatic rings. The number of amides is 2. The zero-order valence-corrected chi connectivity index (χ0v) is 19.0. The van der Waals surface area contributed by atoms with E-state index in [2.05, 4.69) is 28.3 Å². The van der Waals surface area contributed by atoms with Crippen LogP contribution in [-0.4, -0.2) is 59.3 Å². The summed E-state index contributed by atoms with van der Waals surface area (Å²) < 4.78 is 0. The second-order valence-corrected chi connectivity index (χ2v) is 7.95. The first kappa shape index (κ1) is 25.9. The van der Waals surface area contributed by atoms with E-state index in [4.69, 9.17) is 17.2 Å². The Morgan fingerprint density at radius 2 is 1.67 bits per heavy atom. The van der Waals surface area contributed by atoms with Crippen molar-refractivity contribution in [2.45, 2.75) is 37.4 Å². The van der Waals surface area contributed by atoms with Crippen molar-refractivity contribution in [3.8, 4) is 0 Å². The molecule has 2 amide bonds. The number of guanidine groups is 1. The van der Waals surface area contributed by atoms with Crippen molar-refractivity contribution in [2.24, 2.45) is 22.2 Å². The lowest BCUT2D eigenvalue weighted by Crippen LogP contribution is -2.55. The molecule has 2 rings (SSSR count).